The first-order valence-electron chi connectivity index (χ1n) is 9.34. The number of nitrogens with two attached hydrogens (primary N) is 1. The first-order chi connectivity index (χ1) is 12.8. The number of fused-ring (bicyclic) bond motifs is 1. The molecule has 1 aliphatic rings. The van der Waals surface area contributed by atoms with E-state index in [1.54, 1.807) is 0 Å². The van der Waals surface area contributed by atoms with Crippen molar-refractivity contribution in [3.8, 4) is 0 Å². The van der Waals surface area contributed by atoms with Crippen LogP contribution in [0, 0.1) is 5.41 Å². The van der Waals surface area contributed by atoms with Crippen molar-refractivity contribution in [1.82, 2.24) is 5.32 Å². The summed E-state index contributed by atoms with van der Waals surface area (Å²) in [5, 5.41) is 2.92. The largest absolute Gasteiger partial charge is 0.398 e. The van der Waals surface area contributed by atoms with Crippen LogP contribution in [0.4, 0.5) is 11.4 Å². The van der Waals surface area contributed by atoms with Crippen molar-refractivity contribution in [2.75, 3.05) is 17.2 Å². The number of benzene rings is 2. The first-order valence-corrected chi connectivity index (χ1v) is 9.34. The van der Waals surface area contributed by atoms with Crippen LogP contribution in [-0.4, -0.2) is 18.4 Å². The Kier molecular flexibility index (Phi) is 6.73. The van der Waals surface area contributed by atoms with E-state index in [0.717, 1.165) is 35.3 Å². The zero-order valence-corrected chi connectivity index (χ0v) is 17.4. The number of anilines is 2. The van der Waals surface area contributed by atoms with Gasteiger partial charge in [0.05, 0.1) is 0 Å². The average Bonchev–Trinajstić information content (AvgIpc) is 2.65. The van der Waals surface area contributed by atoms with E-state index in [4.69, 9.17) is 5.73 Å². The molecule has 5 nitrogen and oxygen atoms in total. The Hall–Kier alpha value is -2.53. The SMILES string of the molecule is CC(C)(C)C(=O)NCc1ccc(C(=O)N2CCCc3c(N)cccc32)cc1.Cl. The van der Waals surface area contributed by atoms with Gasteiger partial charge in [-0.3, -0.25) is 9.59 Å². The topological polar surface area (TPSA) is 75.4 Å². The number of nitrogens with zero attached hydrogens (tertiary/aromatic N) is 1. The molecular weight excluding hydrogens is 374 g/mol. The van der Waals surface area contributed by atoms with Crippen molar-refractivity contribution in [2.45, 2.75) is 40.2 Å². The molecule has 0 saturated heterocycles. The van der Waals surface area contributed by atoms with Crippen LogP contribution in [0.1, 0.15) is 48.7 Å². The molecule has 0 spiro atoms. The van der Waals surface area contributed by atoms with Crippen LogP contribution in [0.25, 0.3) is 0 Å². The standard InChI is InChI=1S/C22H27N3O2.ClH/c1-22(2,3)21(27)24-14-15-9-11-16(12-10-15)20(26)25-13-5-6-17-18(23)7-4-8-19(17)25;/h4,7-12H,5-6,13-14,23H2,1-3H3,(H,24,27);1H. The van der Waals surface area contributed by atoms with Gasteiger partial charge in [-0.1, -0.05) is 39.0 Å². The average molecular weight is 402 g/mol. The summed E-state index contributed by atoms with van der Waals surface area (Å²) in [5.41, 5.74) is 9.97. The summed E-state index contributed by atoms with van der Waals surface area (Å²) in [5.74, 6) is -0.0167. The highest BCUT2D eigenvalue weighted by Gasteiger charge is 2.25. The predicted molar refractivity (Wildman–Crippen MR) is 116 cm³/mol. The molecule has 28 heavy (non-hydrogen) atoms. The van der Waals surface area contributed by atoms with Gasteiger partial charge in [0.15, 0.2) is 0 Å². The molecule has 0 bridgehead atoms. The van der Waals surface area contributed by atoms with Crippen molar-refractivity contribution in [3.05, 3.63) is 59.2 Å². The molecule has 2 amide bonds. The van der Waals surface area contributed by atoms with Gasteiger partial charge in [0.1, 0.15) is 0 Å². The van der Waals surface area contributed by atoms with Crippen molar-refractivity contribution >= 4 is 35.6 Å². The quantitative estimate of drug-likeness (QED) is 0.764. The Bertz CT molecular complexity index is 857. The van der Waals surface area contributed by atoms with E-state index in [1.807, 2.05) is 68.1 Å². The second-order valence-electron chi connectivity index (χ2n) is 8.03. The highest BCUT2D eigenvalue weighted by molar-refractivity contribution is 6.07. The smallest absolute Gasteiger partial charge is 0.258 e. The van der Waals surface area contributed by atoms with Gasteiger partial charge in [-0.2, -0.15) is 0 Å². The molecule has 1 heterocycles. The molecule has 2 aromatic rings. The summed E-state index contributed by atoms with van der Waals surface area (Å²) in [6, 6.07) is 13.1. The van der Waals surface area contributed by atoms with Crippen molar-refractivity contribution in [1.29, 1.82) is 0 Å². The maximum absolute atomic E-state index is 13.0. The van der Waals surface area contributed by atoms with E-state index in [2.05, 4.69) is 5.32 Å². The summed E-state index contributed by atoms with van der Waals surface area (Å²) in [6.45, 7) is 6.79. The number of carbonyl (C=O) groups excluding carboxylic acids is 2. The third kappa shape index (κ3) is 4.65. The van der Waals surface area contributed by atoms with Crippen LogP contribution >= 0.6 is 12.4 Å². The van der Waals surface area contributed by atoms with Gasteiger partial charge in [0, 0.05) is 35.4 Å². The minimum atomic E-state index is -0.417. The Labute approximate surface area is 172 Å². The molecule has 1 aliphatic heterocycles. The third-order valence-electron chi connectivity index (χ3n) is 4.87. The van der Waals surface area contributed by atoms with Crippen LogP contribution in [0.15, 0.2) is 42.5 Å². The molecule has 0 aromatic heterocycles. The summed E-state index contributed by atoms with van der Waals surface area (Å²) in [6.07, 6.45) is 1.81. The van der Waals surface area contributed by atoms with Gasteiger partial charge in [-0.05, 0) is 48.2 Å². The van der Waals surface area contributed by atoms with E-state index in [0.29, 0.717) is 18.7 Å². The maximum atomic E-state index is 13.0. The van der Waals surface area contributed by atoms with E-state index >= 15 is 0 Å². The Morgan fingerprint density at radius 2 is 1.79 bits per heavy atom. The predicted octanol–water partition coefficient (Wildman–Crippen LogP) is 3.95. The van der Waals surface area contributed by atoms with Gasteiger partial charge in [0.2, 0.25) is 5.91 Å². The lowest BCUT2D eigenvalue weighted by molar-refractivity contribution is -0.128. The maximum Gasteiger partial charge on any atom is 0.258 e. The normalized spacial score (nSPS) is 13.3. The lowest BCUT2D eigenvalue weighted by atomic mass is 9.95. The minimum Gasteiger partial charge on any atom is -0.398 e. The number of nitrogen functional groups attached to an aromatic ring is 1. The van der Waals surface area contributed by atoms with Crippen LogP contribution in [-0.2, 0) is 17.8 Å². The van der Waals surface area contributed by atoms with Crippen molar-refractivity contribution < 1.29 is 9.59 Å². The van der Waals surface area contributed by atoms with E-state index in [1.165, 1.54) is 0 Å². The number of carbonyl (C=O) groups is 2. The molecule has 2 aromatic carbocycles. The lowest BCUT2D eigenvalue weighted by Gasteiger charge is -2.30. The van der Waals surface area contributed by atoms with Gasteiger partial charge in [-0.25, -0.2) is 0 Å². The monoisotopic (exact) mass is 401 g/mol. The summed E-state index contributed by atoms with van der Waals surface area (Å²) in [4.78, 5) is 26.8. The lowest BCUT2D eigenvalue weighted by Crippen LogP contribution is -2.36. The molecule has 3 N–H and O–H groups in total. The van der Waals surface area contributed by atoms with Gasteiger partial charge >= 0.3 is 0 Å². The molecule has 0 aliphatic carbocycles. The second kappa shape index (κ2) is 8.65. The van der Waals surface area contributed by atoms with Crippen LogP contribution in [0.2, 0.25) is 0 Å². The zero-order chi connectivity index (χ0) is 19.6. The van der Waals surface area contributed by atoms with E-state index in [9.17, 15) is 9.59 Å². The van der Waals surface area contributed by atoms with Crippen LogP contribution in [0.3, 0.4) is 0 Å². The van der Waals surface area contributed by atoms with Gasteiger partial charge in [0.25, 0.3) is 5.91 Å². The minimum absolute atomic E-state index is 0. The zero-order valence-electron chi connectivity index (χ0n) is 16.6. The summed E-state index contributed by atoms with van der Waals surface area (Å²) in [7, 11) is 0. The molecule has 0 fully saturated rings. The summed E-state index contributed by atoms with van der Waals surface area (Å²) < 4.78 is 0. The fraction of sp³-hybridized carbons (Fsp3) is 0.364. The third-order valence-corrected chi connectivity index (χ3v) is 4.87. The van der Waals surface area contributed by atoms with Crippen LogP contribution < -0.4 is 16.0 Å². The molecule has 6 heteroatoms. The molecule has 0 atom stereocenters. The number of nitrogens with one attached hydrogen (secondary N) is 1. The molecule has 150 valence electrons. The van der Waals surface area contributed by atoms with Crippen molar-refractivity contribution in [2.24, 2.45) is 5.41 Å². The first kappa shape index (κ1) is 21.8. The Morgan fingerprint density at radius 3 is 2.43 bits per heavy atom. The number of hydrogen-bond acceptors (Lipinski definition) is 3. The number of rotatable bonds is 3. The van der Waals surface area contributed by atoms with Crippen molar-refractivity contribution in [3.63, 3.8) is 0 Å². The molecule has 0 unspecified atom stereocenters. The number of amides is 2. The van der Waals surface area contributed by atoms with Crippen LogP contribution in [0.5, 0.6) is 0 Å². The fourth-order valence-corrected chi connectivity index (χ4v) is 3.23. The number of hydrogen-bond donors (Lipinski definition) is 2. The second-order valence-corrected chi connectivity index (χ2v) is 8.03. The van der Waals surface area contributed by atoms with Gasteiger partial charge in [-0.15, -0.1) is 12.4 Å². The van der Waals surface area contributed by atoms with Gasteiger partial charge < -0.3 is 16.0 Å². The molecule has 0 saturated carbocycles. The van der Waals surface area contributed by atoms with E-state index < -0.39 is 5.41 Å². The molecule has 0 radical (unpaired) electrons. The highest BCUT2D eigenvalue weighted by Crippen LogP contribution is 2.32. The molecule has 3 rings (SSSR count). The summed E-state index contributed by atoms with van der Waals surface area (Å²) >= 11 is 0. The molecular formula is C22H28ClN3O2. The highest BCUT2D eigenvalue weighted by atomic mass is 35.5. The Balaban J connectivity index is 0.00000280. The Morgan fingerprint density at radius 1 is 1.11 bits per heavy atom. The fourth-order valence-electron chi connectivity index (χ4n) is 3.23. The number of halogens is 1. The van der Waals surface area contributed by atoms with E-state index in [-0.39, 0.29) is 24.2 Å².